The molecule has 0 saturated carbocycles. The second-order valence-electron chi connectivity index (χ2n) is 31.7. The lowest BCUT2D eigenvalue weighted by Gasteiger charge is -2.28. The minimum absolute atomic E-state index is 0.365. The summed E-state index contributed by atoms with van der Waals surface area (Å²) in [6.07, 6.45) is 0. The maximum Gasteiger partial charge on any atom is 0.343 e. The van der Waals surface area contributed by atoms with Gasteiger partial charge in [-0.05, 0) is 228 Å². The summed E-state index contributed by atoms with van der Waals surface area (Å²) in [5.74, 6) is -0.788. The van der Waals surface area contributed by atoms with E-state index < -0.39 is 17.9 Å². The molecule has 127 heavy (non-hydrogen) atoms. The molecule has 21 aromatic carbocycles. The van der Waals surface area contributed by atoms with E-state index >= 15 is 0 Å². The van der Waals surface area contributed by atoms with Gasteiger partial charge in [0.15, 0.2) is 0 Å². The molecule has 9 nitrogen and oxygen atoms in total. The third-order valence-corrected chi connectivity index (χ3v) is 24.1. The van der Waals surface area contributed by atoms with E-state index in [0.717, 1.165) is 166 Å². The van der Waals surface area contributed by atoms with Crippen molar-refractivity contribution < 1.29 is 28.6 Å². The number of anilines is 9. The number of rotatable bonds is 21. The zero-order valence-electron chi connectivity index (χ0n) is 68.9. The van der Waals surface area contributed by atoms with Gasteiger partial charge in [-0.15, -0.1) is 0 Å². The highest BCUT2D eigenvalue weighted by Gasteiger charge is 2.25. The summed E-state index contributed by atoms with van der Waals surface area (Å²) in [6, 6.07) is 160. The number of carbonyl (C=O) groups is 3. The van der Waals surface area contributed by atoms with Gasteiger partial charge in [-0.2, -0.15) is 0 Å². The smallest absolute Gasteiger partial charge is 0.343 e. The van der Waals surface area contributed by atoms with Crippen molar-refractivity contribution in [1.29, 1.82) is 0 Å². The molecule has 0 atom stereocenters. The van der Waals surface area contributed by atoms with Crippen LogP contribution in [0.25, 0.3) is 98.0 Å². The first-order valence-corrected chi connectivity index (χ1v) is 42.5. The van der Waals surface area contributed by atoms with Crippen LogP contribution in [0.2, 0.25) is 0 Å². The maximum absolute atomic E-state index is 14.1. The van der Waals surface area contributed by atoms with E-state index in [1.54, 1.807) is 72.8 Å². The van der Waals surface area contributed by atoms with Crippen molar-refractivity contribution in [3.8, 4) is 50.6 Å². The Labute approximate surface area is 735 Å². The van der Waals surface area contributed by atoms with Crippen LogP contribution in [0.3, 0.4) is 0 Å². The van der Waals surface area contributed by atoms with Crippen LogP contribution in [0.1, 0.15) is 53.7 Å². The van der Waals surface area contributed by atoms with Crippen LogP contribution in [0, 0.1) is 0 Å². The summed E-state index contributed by atoms with van der Waals surface area (Å²) in [5.41, 5.74) is 19.2. The fourth-order valence-corrected chi connectivity index (χ4v) is 17.7. The summed E-state index contributed by atoms with van der Waals surface area (Å²) in [6.45, 7) is 0. The first kappa shape index (κ1) is 77.3. The van der Waals surface area contributed by atoms with Crippen LogP contribution in [-0.4, -0.2) is 17.9 Å². The minimum Gasteiger partial charge on any atom is -0.423 e. The van der Waals surface area contributed by atoms with Crippen molar-refractivity contribution in [3.05, 3.63) is 507 Å². The first-order valence-electron chi connectivity index (χ1n) is 42.5. The van der Waals surface area contributed by atoms with Crippen LogP contribution in [-0.2, 0) is 0 Å². The van der Waals surface area contributed by atoms with Crippen LogP contribution >= 0.6 is 0 Å². The molecule has 0 bridgehead atoms. The molecule has 0 aliphatic heterocycles. The number of esters is 3. The molecule has 0 aromatic heterocycles. The van der Waals surface area contributed by atoms with E-state index in [0.29, 0.717) is 33.9 Å². The molecule has 602 valence electrons. The molecule has 0 unspecified atom stereocenters. The molecule has 0 aliphatic rings. The summed E-state index contributed by atoms with van der Waals surface area (Å²) >= 11 is 0. The number of nitrogens with zero attached hydrogens (tertiary/aromatic N) is 3. The van der Waals surface area contributed by atoms with Crippen molar-refractivity contribution in [2.45, 2.75) is 5.92 Å². The number of ether oxygens (including phenoxy) is 3. The standard InChI is InChI=1S/C118H79N3O6/c122-116(94-49-43-79(44-50-94)82-55-67-97(68-56-82)119(109-37-13-25-85-19-1-7-31-103(85)109)110-38-14-26-86-20-2-8-32-104(86)110)125-100-73-61-91(62-74-100)115(92-63-75-101(76-64-92)126-117(123)95-51-45-80(46-52-95)83-57-69-98(70-58-83)120(111-39-15-27-87-21-3-9-33-105(87)111)112-40-16-28-88-22-4-10-34-106(88)112)93-65-77-102(78-66-93)127-118(124)96-53-47-81(48-54-96)84-59-71-99(72-60-84)121(113-41-17-29-89-23-5-11-35-107(89)113)114-42-18-30-90-24-6-12-36-108(90)114/h1-78,115H. The SMILES string of the molecule is O=C(Oc1ccc(C(c2ccc(OC(=O)c3ccc(-c4ccc(N(c5cccc6ccccc56)c5cccc6ccccc56)cc4)cc3)cc2)c2ccc(OC(=O)c3ccc(-c4ccc(N(c5cccc6ccccc56)c5cccc6ccccc56)cc4)cc3)cc2)cc1)c1ccc(-c2ccc(N(c3cccc4ccccc34)c3cccc4ccccc34)cc2)cc1. The van der Waals surface area contributed by atoms with Crippen LogP contribution in [0.15, 0.2) is 473 Å². The normalized spacial score (nSPS) is 11.3. The summed E-state index contributed by atoms with van der Waals surface area (Å²) in [7, 11) is 0. The van der Waals surface area contributed by atoms with Crippen molar-refractivity contribution in [1.82, 2.24) is 0 Å². The molecule has 0 aliphatic carbocycles. The van der Waals surface area contributed by atoms with Gasteiger partial charge >= 0.3 is 17.9 Å². The van der Waals surface area contributed by atoms with E-state index in [1.807, 2.05) is 72.8 Å². The Bertz CT molecular complexity index is 6700. The van der Waals surface area contributed by atoms with Gasteiger partial charge < -0.3 is 28.9 Å². The predicted octanol–water partition coefficient (Wildman–Crippen LogP) is 30.9. The van der Waals surface area contributed by atoms with E-state index in [1.165, 1.54) is 0 Å². The number of fused-ring (bicyclic) bond motifs is 6. The summed E-state index contributed by atoms with van der Waals surface area (Å²) in [5, 5.41) is 13.8. The molecule has 0 fully saturated rings. The molecule has 21 rings (SSSR count). The molecule has 0 heterocycles. The maximum atomic E-state index is 14.1. The van der Waals surface area contributed by atoms with Gasteiger partial charge in [-0.3, -0.25) is 0 Å². The first-order chi connectivity index (χ1) is 62.7. The van der Waals surface area contributed by atoms with Gasteiger partial charge in [0, 0.05) is 55.3 Å². The lowest BCUT2D eigenvalue weighted by molar-refractivity contribution is 0.0725. The van der Waals surface area contributed by atoms with E-state index in [2.05, 4.69) is 342 Å². The van der Waals surface area contributed by atoms with Crippen LogP contribution in [0.4, 0.5) is 51.2 Å². The number of hydrogen-bond acceptors (Lipinski definition) is 9. The van der Waals surface area contributed by atoms with Gasteiger partial charge in [0.25, 0.3) is 0 Å². The van der Waals surface area contributed by atoms with Crippen molar-refractivity contribution in [2.75, 3.05) is 14.7 Å². The van der Waals surface area contributed by atoms with Gasteiger partial charge in [-0.25, -0.2) is 14.4 Å². The second kappa shape index (κ2) is 34.1. The molecule has 0 spiro atoms. The van der Waals surface area contributed by atoms with Gasteiger partial charge in [0.1, 0.15) is 17.2 Å². The second-order valence-corrected chi connectivity index (χ2v) is 31.7. The van der Waals surface area contributed by atoms with E-state index in [4.69, 9.17) is 14.2 Å². The Morgan fingerprint density at radius 1 is 0.173 bits per heavy atom. The third-order valence-electron chi connectivity index (χ3n) is 24.1. The molecular weight excluding hydrogens is 1560 g/mol. The minimum atomic E-state index is -0.499. The van der Waals surface area contributed by atoms with Gasteiger partial charge in [0.05, 0.1) is 50.8 Å². The molecule has 0 radical (unpaired) electrons. The third kappa shape index (κ3) is 15.6. The predicted molar refractivity (Wildman–Crippen MR) is 520 cm³/mol. The quantitative estimate of drug-likeness (QED) is 0.0396. The highest BCUT2D eigenvalue weighted by atomic mass is 16.5. The van der Waals surface area contributed by atoms with Crippen molar-refractivity contribution in [3.63, 3.8) is 0 Å². The Kier molecular flexibility index (Phi) is 20.8. The lowest BCUT2D eigenvalue weighted by Crippen LogP contribution is -2.11. The Balaban J connectivity index is 0.522. The summed E-state index contributed by atoms with van der Waals surface area (Å²) < 4.78 is 18.3. The fourth-order valence-electron chi connectivity index (χ4n) is 17.7. The number of benzene rings is 21. The Morgan fingerprint density at radius 2 is 0.346 bits per heavy atom. The number of carbonyl (C=O) groups excluding carboxylic acids is 3. The molecular formula is C118H79N3O6. The van der Waals surface area contributed by atoms with E-state index in [9.17, 15) is 14.4 Å². The zero-order valence-corrected chi connectivity index (χ0v) is 68.9. The molecule has 0 amide bonds. The average Bonchev–Trinajstić information content (AvgIpc) is 0.766. The average molecular weight is 1630 g/mol. The summed E-state index contributed by atoms with van der Waals surface area (Å²) in [4.78, 5) is 49.2. The molecule has 21 aromatic rings. The topological polar surface area (TPSA) is 88.6 Å². The molecule has 0 N–H and O–H groups in total. The fraction of sp³-hybridized carbons (Fsp3) is 0.00847. The lowest BCUT2D eigenvalue weighted by atomic mass is 9.85. The van der Waals surface area contributed by atoms with Crippen LogP contribution < -0.4 is 28.9 Å². The molecule has 9 heteroatoms. The van der Waals surface area contributed by atoms with Crippen molar-refractivity contribution in [2.24, 2.45) is 0 Å². The van der Waals surface area contributed by atoms with Gasteiger partial charge in [0.2, 0.25) is 0 Å². The monoisotopic (exact) mass is 1630 g/mol. The zero-order chi connectivity index (χ0) is 85.1. The Morgan fingerprint density at radius 3 is 0.543 bits per heavy atom. The number of hydrogen-bond donors (Lipinski definition) is 0. The van der Waals surface area contributed by atoms with E-state index in [-0.39, 0.29) is 5.92 Å². The van der Waals surface area contributed by atoms with Gasteiger partial charge in [-0.1, -0.05) is 328 Å². The van der Waals surface area contributed by atoms with Crippen LogP contribution in [0.5, 0.6) is 17.2 Å². The van der Waals surface area contributed by atoms with Crippen molar-refractivity contribution >= 4 is 134 Å². The highest BCUT2D eigenvalue weighted by Crippen LogP contribution is 2.48. The Hall–Kier alpha value is -17.0. The molecule has 0 saturated heterocycles. The largest absolute Gasteiger partial charge is 0.423 e. The highest BCUT2D eigenvalue weighted by molar-refractivity contribution is 6.09.